The van der Waals surface area contributed by atoms with Gasteiger partial charge in [-0.1, -0.05) is 0 Å². The van der Waals surface area contributed by atoms with E-state index in [2.05, 4.69) is 41.9 Å². The molecular formula is C10H9Br2N5. The lowest BCUT2D eigenvalue weighted by atomic mass is 10.1. The van der Waals surface area contributed by atoms with Gasteiger partial charge in [0.2, 0.25) is 0 Å². The molecule has 2 N–H and O–H groups in total. The average molecular weight is 359 g/mol. The van der Waals surface area contributed by atoms with Gasteiger partial charge in [0, 0.05) is 0 Å². The Morgan fingerprint density at radius 2 is 2.24 bits per heavy atom. The summed E-state index contributed by atoms with van der Waals surface area (Å²) in [5.74, 6) is 0. The van der Waals surface area contributed by atoms with Crippen molar-refractivity contribution >= 4 is 42.9 Å². The molecule has 2 aromatic rings. The van der Waals surface area contributed by atoms with Gasteiger partial charge in [-0.2, -0.15) is 10.4 Å². The van der Waals surface area contributed by atoms with E-state index in [0.717, 1.165) is 20.1 Å². The third-order valence-electron chi connectivity index (χ3n) is 2.19. The second kappa shape index (κ2) is 4.37. The molecule has 5 nitrogen and oxygen atoms in total. The lowest BCUT2D eigenvalue weighted by Gasteiger charge is -2.14. The molecule has 7 heteroatoms. The molecule has 2 rings (SSSR count). The van der Waals surface area contributed by atoms with Gasteiger partial charge in [0.1, 0.15) is 21.2 Å². The van der Waals surface area contributed by atoms with E-state index in [1.807, 2.05) is 12.1 Å². The van der Waals surface area contributed by atoms with E-state index >= 15 is 0 Å². The molecule has 0 saturated heterocycles. The minimum atomic E-state index is -0.934. The standard InChI is InChI=1S/C10H9Br2N5/c1-10(14,4-13)5-17-3-8-7(16-17)2-6(11)9(12)15-8/h2-3H,5,14H2,1H3. The van der Waals surface area contributed by atoms with Crippen molar-refractivity contribution in [3.63, 3.8) is 0 Å². The number of hydrogen-bond donors (Lipinski definition) is 1. The minimum Gasteiger partial charge on any atom is -0.312 e. The lowest BCUT2D eigenvalue weighted by molar-refractivity contribution is 0.462. The molecule has 0 aromatic carbocycles. The third-order valence-corrected chi connectivity index (χ3v) is 3.94. The van der Waals surface area contributed by atoms with E-state index in [1.165, 1.54) is 0 Å². The fourth-order valence-corrected chi connectivity index (χ4v) is 2.02. The zero-order valence-corrected chi connectivity index (χ0v) is 12.2. The van der Waals surface area contributed by atoms with Crippen LogP contribution in [0.15, 0.2) is 21.3 Å². The summed E-state index contributed by atoms with van der Waals surface area (Å²) >= 11 is 6.69. The third kappa shape index (κ3) is 2.65. The van der Waals surface area contributed by atoms with Gasteiger partial charge in [0.05, 0.1) is 23.3 Å². The Hall–Kier alpha value is -0.970. The van der Waals surface area contributed by atoms with Gasteiger partial charge in [0.25, 0.3) is 0 Å². The first-order valence-corrected chi connectivity index (χ1v) is 6.39. The molecule has 2 aromatic heterocycles. The molecule has 1 unspecified atom stereocenters. The topological polar surface area (TPSA) is 80.5 Å². The molecule has 17 heavy (non-hydrogen) atoms. The van der Waals surface area contributed by atoms with Crippen LogP contribution < -0.4 is 5.73 Å². The Morgan fingerprint density at radius 3 is 2.88 bits per heavy atom. The average Bonchev–Trinajstić information content (AvgIpc) is 2.59. The Kier molecular flexibility index (Phi) is 3.21. The molecule has 0 spiro atoms. The largest absolute Gasteiger partial charge is 0.312 e. The highest BCUT2D eigenvalue weighted by Crippen LogP contribution is 2.24. The van der Waals surface area contributed by atoms with E-state index in [0.29, 0.717) is 6.54 Å². The number of nitrogens with zero attached hydrogens (tertiary/aromatic N) is 4. The Bertz CT molecular complexity index is 572. The highest BCUT2D eigenvalue weighted by atomic mass is 79.9. The summed E-state index contributed by atoms with van der Waals surface area (Å²) in [6, 6.07) is 3.90. The maximum atomic E-state index is 8.87. The van der Waals surface area contributed by atoms with Crippen molar-refractivity contribution in [1.29, 1.82) is 5.26 Å². The number of aromatic nitrogens is 3. The van der Waals surface area contributed by atoms with E-state index in [-0.39, 0.29) is 0 Å². The molecule has 0 aliphatic carbocycles. The summed E-state index contributed by atoms with van der Waals surface area (Å²) in [5, 5.41) is 13.2. The quantitative estimate of drug-likeness (QED) is 0.834. The van der Waals surface area contributed by atoms with Crippen LogP contribution in [0.3, 0.4) is 0 Å². The maximum absolute atomic E-state index is 8.87. The normalized spacial score (nSPS) is 14.5. The van der Waals surface area contributed by atoms with Gasteiger partial charge < -0.3 is 5.73 Å². The van der Waals surface area contributed by atoms with Crippen molar-refractivity contribution in [3.05, 3.63) is 21.3 Å². The number of pyridine rings is 1. The number of hydrogen-bond acceptors (Lipinski definition) is 4. The van der Waals surface area contributed by atoms with Gasteiger partial charge in [-0.3, -0.25) is 4.68 Å². The van der Waals surface area contributed by atoms with E-state index in [9.17, 15) is 0 Å². The summed E-state index contributed by atoms with van der Waals surface area (Å²) in [6.07, 6.45) is 1.77. The van der Waals surface area contributed by atoms with E-state index < -0.39 is 5.54 Å². The van der Waals surface area contributed by atoms with Crippen LogP contribution in [-0.4, -0.2) is 20.3 Å². The SMILES string of the molecule is CC(N)(C#N)Cn1cc2nc(Br)c(Br)cc2n1. The molecule has 1 atom stereocenters. The smallest absolute Gasteiger partial charge is 0.121 e. The fourth-order valence-electron chi connectivity index (χ4n) is 1.41. The number of fused-ring (bicyclic) bond motifs is 1. The fraction of sp³-hybridized carbons (Fsp3) is 0.300. The summed E-state index contributed by atoms with van der Waals surface area (Å²) < 4.78 is 3.20. The zero-order chi connectivity index (χ0) is 12.6. The molecule has 0 fully saturated rings. The Labute approximate surface area is 115 Å². The van der Waals surface area contributed by atoms with Gasteiger partial charge in [-0.25, -0.2) is 4.98 Å². The van der Waals surface area contributed by atoms with Crippen molar-refractivity contribution in [2.24, 2.45) is 5.73 Å². The number of halogens is 2. The molecule has 0 bridgehead atoms. The first kappa shape index (κ1) is 12.5. The van der Waals surface area contributed by atoms with Crippen molar-refractivity contribution < 1.29 is 0 Å². The van der Waals surface area contributed by atoms with Crippen LogP contribution in [0.4, 0.5) is 0 Å². The molecule has 2 heterocycles. The predicted molar refractivity (Wildman–Crippen MR) is 71.1 cm³/mol. The molecule has 0 aliphatic heterocycles. The van der Waals surface area contributed by atoms with Crippen LogP contribution in [0.1, 0.15) is 6.92 Å². The first-order valence-electron chi connectivity index (χ1n) is 4.81. The number of nitriles is 1. The zero-order valence-electron chi connectivity index (χ0n) is 8.98. The second-order valence-corrected chi connectivity index (χ2v) is 5.63. The molecule has 0 amide bonds. The van der Waals surface area contributed by atoms with Crippen molar-refractivity contribution in [2.75, 3.05) is 0 Å². The highest BCUT2D eigenvalue weighted by Gasteiger charge is 2.19. The van der Waals surface area contributed by atoms with Gasteiger partial charge in [-0.05, 0) is 44.8 Å². The second-order valence-electron chi connectivity index (χ2n) is 4.02. The Morgan fingerprint density at radius 1 is 1.53 bits per heavy atom. The summed E-state index contributed by atoms with van der Waals surface area (Å²) in [7, 11) is 0. The van der Waals surface area contributed by atoms with Crippen LogP contribution in [-0.2, 0) is 6.54 Å². The number of rotatable bonds is 2. The molecule has 0 radical (unpaired) electrons. The lowest BCUT2D eigenvalue weighted by Crippen LogP contribution is -2.39. The van der Waals surface area contributed by atoms with Crippen LogP contribution in [0.5, 0.6) is 0 Å². The van der Waals surface area contributed by atoms with Crippen molar-refractivity contribution in [2.45, 2.75) is 19.0 Å². The van der Waals surface area contributed by atoms with E-state index in [1.54, 1.807) is 17.8 Å². The van der Waals surface area contributed by atoms with Gasteiger partial charge in [0.15, 0.2) is 0 Å². The first-order chi connectivity index (χ1) is 7.91. The molecule has 0 aliphatic rings. The summed E-state index contributed by atoms with van der Waals surface area (Å²) in [4.78, 5) is 4.31. The maximum Gasteiger partial charge on any atom is 0.121 e. The van der Waals surface area contributed by atoms with Crippen molar-refractivity contribution in [3.8, 4) is 6.07 Å². The van der Waals surface area contributed by atoms with Crippen LogP contribution in [0.25, 0.3) is 11.0 Å². The minimum absolute atomic E-state index is 0.328. The summed E-state index contributed by atoms with van der Waals surface area (Å²) in [6.45, 7) is 1.99. The van der Waals surface area contributed by atoms with Gasteiger partial charge >= 0.3 is 0 Å². The van der Waals surface area contributed by atoms with Crippen LogP contribution in [0, 0.1) is 11.3 Å². The monoisotopic (exact) mass is 357 g/mol. The molecular weight excluding hydrogens is 350 g/mol. The number of nitrogens with two attached hydrogens (primary N) is 1. The predicted octanol–water partition coefficient (Wildman–Crippen LogP) is 2.20. The molecule has 88 valence electrons. The van der Waals surface area contributed by atoms with Crippen LogP contribution >= 0.6 is 31.9 Å². The van der Waals surface area contributed by atoms with Crippen molar-refractivity contribution in [1.82, 2.24) is 14.8 Å². The van der Waals surface area contributed by atoms with Gasteiger partial charge in [-0.15, -0.1) is 0 Å². The Balaban J connectivity index is 2.43. The van der Waals surface area contributed by atoms with E-state index in [4.69, 9.17) is 11.0 Å². The summed E-state index contributed by atoms with van der Waals surface area (Å²) in [5.41, 5.74) is 6.35. The highest BCUT2D eigenvalue weighted by molar-refractivity contribution is 9.13. The molecule has 0 saturated carbocycles. The van der Waals surface area contributed by atoms with Crippen LogP contribution in [0.2, 0.25) is 0 Å².